The lowest BCUT2D eigenvalue weighted by Gasteiger charge is -2.37. The van der Waals surface area contributed by atoms with E-state index in [2.05, 4.69) is 11.9 Å². The SMILES string of the molecule is Cc1ccc(C(=O)N2CCC3(CCN(C)CC3)C2)cc1[N+](=O)[O-]. The van der Waals surface area contributed by atoms with Crippen LogP contribution in [0.4, 0.5) is 5.69 Å². The van der Waals surface area contributed by atoms with Crippen LogP contribution >= 0.6 is 0 Å². The lowest BCUT2D eigenvalue weighted by atomic mass is 9.78. The van der Waals surface area contributed by atoms with Gasteiger partial charge in [-0.1, -0.05) is 6.07 Å². The third-order valence-electron chi connectivity index (χ3n) is 5.43. The molecule has 2 heterocycles. The van der Waals surface area contributed by atoms with Crippen LogP contribution in [-0.2, 0) is 0 Å². The number of hydrogen-bond donors (Lipinski definition) is 0. The second-order valence-electron chi connectivity index (χ2n) is 7.04. The minimum atomic E-state index is -0.422. The third-order valence-corrected chi connectivity index (χ3v) is 5.43. The number of benzene rings is 1. The van der Waals surface area contributed by atoms with Gasteiger partial charge in [0.15, 0.2) is 0 Å². The Kier molecular flexibility index (Phi) is 4.10. The molecule has 3 rings (SSSR count). The van der Waals surface area contributed by atoms with E-state index < -0.39 is 4.92 Å². The maximum absolute atomic E-state index is 12.7. The van der Waals surface area contributed by atoms with Crippen LogP contribution in [0.15, 0.2) is 18.2 Å². The quantitative estimate of drug-likeness (QED) is 0.621. The molecule has 23 heavy (non-hydrogen) atoms. The van der Waals surface area contributed by atoms with E-state index in [4.69, 9.17) is 0 Å². The van der Waals surface area contributed by atoms with Crippen molar-refractivity contribution in [2.75, 3.05) is 33.2 Å². The molecular weight excluding hydrogens is 294 g/mol. The van der Waals surface area contributed by atoms with Crippen molar-refractivity contribution in [2.24, 2.45) is 5.41 Å². The van der Waals surface area contributed by atoms with Crippen molar-refractivity contribution in [1.29, 1.82) is 0 Å². The second kappa shape index (κ2) is 5.92. The molecule has 0 aliphatic carbocycles. The van der Waals surface area contributed by atoms with Crippen molar-refractivity contribution < 1.29 is 9.72 Å². The van der Waals surface area contributed by atoms with E-state index in [1.54, 1.807) is 19.1 Å². The first-order valence-electron chi connectivity index (χ1n) is 8.13. The zero-order valence-corrected chi connectivity index (χ0v) is 13.7. The summed E-state index contributed by atoms with van der Waals surface area (Å²) in [6.07, 6.45) is 3.29. The van der Waals surface area contributed by atoms with E-state index in [0.29, 0.717) is 11.1 Å². The standard InChI is InChI=1S/C17H23N3O3/c1-13-3-4-14(11-15(13)20(22)23)16(21)19-10-7-17(12-19)5-8-18(2)9-6-17/h3-4,11H,5-10,12H2,1-2H3. The van der Waals surface area contributed by atoms with Crippen LogP contribution in [0.25, 0.3) is 0 Å². The van der Waals surface area contributed by atoms with Crippen molar-refractivity contribution >= 4 is 11.6 Å². The highest BCUT2D eigenvalue weighted by Gasteiger charge is 2.41. The summed E-state index contributed by atoms with van der Waals surface area (Å²) in [5.41, 5.74) is 1.27. The van der Waals surface area contributed by atoms with Crippen LogP contribution in [0, 0.1) is 22.5 Å². The maximum Gasteiger partial charge on any atom is 0.273 e. The Hall–Kier alpha value is -1.95. The zero-order valence-electron chi connectivity index (χ0n) is 13.7. The van der Waals surface area contributed by atoms with Crippen LogP contribution in [0.5, 0.6) is 0 Å². The molecule has 0 N–H and O–H groups in total. The number of carbonyl (C=O) groups is 1. The molecule has 0 radical (unpaired) electrons. The normalized spacial score (nSPS) is 20.9. The number of hydrogen-bond acceptors (Lipinski definition) is 4. The number of nitrogens with zero attached hydrogens (tertiary/aromatic N) is 3. The van der Waals surface area contributed by atoms with E-state index in [0.717, 1.165) is 45.4 Å². The summed E-state index contributed by atoms with van der Waals surface area (Å²) in [5.74, 6) is -0.0797. The van der Waals surface area contributed by atoms with Crippen LogP contribution in [-0.4, -0.2) is 53.9 Å². The van der Waals surface area contributed by atoms with E-state index in [1.165, 1.54) is 6.07 Å². The van der Waals surface area contributed by atoms with E-state index in [1.807, 2.05) is 4.90 Å². The number of aryl methyl sites for hydroxylation is 1. The lowest BCUT2D eigenvalue weighted by molar-refractivity contribution is -0.385. The Bertz CT molecular complexity index is 636. The monoisotopic (exact) mass is 317 g/mol. The van der Waals surface area contributed by atoms with Gasteiger partial charge in [0.1, 0.15) is 0 Å². The van der Waals surface area contributed by atoms with E-state index in [-0.39, 0.29) is 17.0 Å². The van der Waals surface area contributed by atoms with Gasteiger partial charge in [-0.05, 0) is 57.8 Å². The molecule has 2 fully saturated rings. The van der Waals surface area contributed by atoms with Crippen molar-refractivity contribution in [3.05, 3.63) is 39.4 Å². The molecule has 1 aromatic rings. The van der Waals surface area contributed by atoms with Crippen molar-refractivity contribution in [2.45, 2.75) is 26.2 Å². The number of nitro groups is 1. The molecule has 2 saturated heterocycles. The predicted octanol–water partition coefficient (Wildman–Crippen LogP) is 2.46. The molecule has 0 aromatic heterocycles. The molecule has 124 valence electrons. The van der Waals surface area contributed by atoms with Gasteiger partial charge in [-0.3, -0.25) is 14.9 Å². The first-order valence-corrected chi connectivity index (χ1v) is 8.13. The Balaban J connectivity index is 1.75. The van der Waals surface area contributed by atoms with Gasteiger partial charge in [-0.2, -0.15) is 0 Å². The Morgan fingerprint density at radius 2 is 1.87 bits per heavy atom. The molecule has 0 saturated carbocycles. The zero-order chi connectivity index (χ0) is 16.6. The van der Waals surface area contributed by atoms with E-state index >= 15 is 0 Å². The Labute approximate surface area is 136 Å². The summed E-state index contributed by atoms with van der Waals surface area (Å²) < 4.78 is 0. The summed E-state index contributed by atoms with van der Waals surface area (Å²) in [7, 11) is 2.14. The van der Waals surface area contributed by atoms with Crippen LogP contribution in [0.1, 0.15) is 35.2 Å². The van der Waals surface area contributed by atoms with Crippen LogP contribution in [0.2, 0.25) is 0 Å². The fourth-order valence-corrected chi connectivity index (χ4v) is 3.73. The van der Waals surface area contributed by atoms with Crippen molar-refractivity contribution in [3.8, 4) is 0 Å². The highest BCUT2D eigenvalue weighted by molar-refractivity contribution is 5.95. The van der Waals surface area contributed by atoms with Gasteiger partial charge in [0.2, 0.25) is 0 Å². The van der Waals surface area contributed by atoms with Gasteiger partial charge >= 0.3 is 0 Å². The fraction of sp³-hybridized carbons (Fsp3) is 0.588. The lowest BCUT2D eigenvalue weighted by Crippen LogP contribution is -2.40. The molecule has 6 nitrogen and oxygen atoms in total. The number of piperidine rings is 1. The average molecular weight is 317 g/mol. The number of nitro benzene ring substituents is 1. The highest BCUT2D eigenvalue weighted by Crippen LogP contribution is 2.40. The van der Waals surface area contributed by atoms with Crippen LogP contribution < -0.4 is 0 Å². The predicted molar refractivity (Wildman–Crippen MR) is 87.5 cm³/mol. The van der Waals surface area contributed by atoms with Gasteiger partial charge in [-0.15, -0.1) is 0 Å². The Morgan fingerprint density at radius 3 is 2.52 bits per heavy atom. The third kappa shape index (κ3) is 3.08. The smallest absolute Gasteiger partial charge is 0.273 e. The molecule has 0 atom stereocenters. The van der Waals surface area contributed by atoms with Gasteiger partial charge < -0.3 is 9.80 Å². The largest absolute Gasteiger partial charge is 0.338 e. The number of likely N-dealkylation sites (tertiary alicyclic amines) is 2. The maximum atomic E-state index is 12.7. The van der Waals surface area contributed by atoms with E-state index in [9.17, 15) is 14.9 Å². The second-order valence-corrected chi connectivity index (χ2v) is 7.04. The topological polar surface area (TPSA) is 66.7 Å². The summed E-state index contributed by atoms with van der Waals surface area (Å²) in [5, 5.41) is 11.1. The molecular formula is C17H23N3O3. The summed E-state index contributed by atoms with van der Waals surface area (Å²) in [4.78, 5) is 27.6. The molecule has 0 bridgehead atoms. The molecule has 1 spiro atoms. The number of amides is 1. The highest BCUT2D eigenvalue weighted by atomic mass is 16.6. The van der Waals surface area contributed by atoms with Gasteiger partial charge in [0.05, 0.1) is 4.92 Å². The van der Waals surface area contributed by atoms with Crippen molar-refractivity contribution in [1.82, 2.24) is 9.80 Å². The molecule has 1 amide bonds. The summed E-state index contributed by atoms with van der Waals surface area (Å²) in [6, 6.07) is 4.77. The van der Waals surface area contributed by atoms with Gasteiger partial charge in [-0.25, -0.2) is 0 Å². The molecule has 6 heteroatoms. The molecule has 2 aliphatic heterocycles. The summed E-state index contributed by atoms with van der Waals surface area (Å²) in [6.45, 7) is 5.39. The molecule has 1 aromatic carbocycles. The van der Waals surface area contributed by atoms with Crippen LogP contribution in [0.3, 0.4) is 0 Å². The summed E-state index contributed by atoms with van der Waals surface area (Å²) >= 11 is 0. The molecule has 2 aliphatic rings. The van der Waals surface area contributed by atoms with Gasteiger partial charge in [0, 0.05) is 30.3 Å². The average Bonchev–Trinajstić information content (AvgIpc) is 2.94. The minimum absolute atomic E-state index is 0.0176. The number of rotatable bonds is 2. The molecule has 0 unspecified atom stereocenters. The van der Waals surface area contributed by atoms with Gasteiger partial charge in [0.25, 0.3) is 11.6 Å². The first kappa shape index (κ1) is 15.9. The fourth-order valence-electron chi connectivity index (χ4n) is 3.73. The van der Waals surface area contributed by atoms with Crippen molar-refractivity contribution in [3.63, 3.8) is 0 Å². The number of carbonyl (C=O) groups excluding carboxylic acids is 1. The first-order chi connectivity index (χ1) is 10.9. The minimum Gasteiger partial charge on any atom is -0.338 e. The Morgan fingerprint density at radius 1 is 1.22 bits per heavy atom.